The predicted octanol–water partition coefficient (Wildman–Crippen LogP) is 7.08. The molecule has 1 unspecified atom stereocenters. The van der Waals surface area contributed by atoms with Gasteiger partial charge in [-0.25, -0.2) is 0 Å². The highest BCUT2D eigenvalue weighted by Gasteiger charge is 2.47. The summed E-state index contributed by atoms with van der Waals surface area (Å²) in [6.07, 6.45) is 0. The van der Waals surface area contributed by atoms with Crippen LogP contribution in [0.1, 0.15) is 68.5 Å². The molecule has 0 radical (unpaired) electrons. The highest BCUT2D eigenvalue weighted by Crippen LogP contribution is 2.44. The molecule has 6 heteroatoms. The van der Waals surface area contributed by atoms with Gasteiger partial charge < -0.3 is 14.7 Å². The third-order valence-corrected chi connectivity index (χ3v) is 7.87. The largest absolute Gasteiger partial charge is 0.507 e. The third-order valence-electron chi connectivity index (χ3n) is 7.87. The summed E-state index contributed by atoms with van der Waals surface area (Å²) in [6, 6.07) is 18.4. The first-order valence-electron chi connectivity index (χ1n) is 13.8. The van der Waals surface area contributed by atoms with E-state index >= 15 is 0 Å². The fraction of sp³-hybridized carbons (Fsp3) is 0.353. The Labute approximate surface area is 237 Å². The molecule has 40 heavy (non-hydrogen) atoms. The second-order valence-electron chi connectivity index (χ2n) is 11.4. The van der Waals surface area contributed by atoms with Gasteiger partial charge in [0.05, 0.1) is 24.3 Å². The second-order valence-corrected chi connectivity index (χ2v) is 11.4. The maximum absolute atomic E-state index is 13.7. The van der Waals surface area contributed by atoms with E-state index in [1.807, 2.05) is 68.4 Å². The van der Waals surface area contributed by atoms with Crippen molar-refractivity contribution >= 4 is 28.8 Å². The van der Waals surface area contributed by atoms with Crippen LogP contribution in [0.2, 0.25) is 0 Å². The summed E-state index contributed by atoms with van der Waals surface area (Å²) >= 11 is 0. The van der Waals surface area contributed by atoms with Gasteiger partial charge in [-0.3, -0.25) is 14.5 Å². The fourth-order valence-electron chi connectivity index (χ4n) is 5.25. The maximum Gasteiger partial charge on any atom is 0.300 e. The number of carbonyl (C=O) groups excluding carboxylic acids is 2. The lowest BCUT2D eigenvalue weighted by Crippen LogP contribution is -2.29. The van der Waals surface area contributed by atoms with Crippen LogP contribution in [0, 0.1) is 13.8 Å². The van der Waals surface area contributed by atoms with Gasteiger partial charge in [0.25, 0.3) is 11.7 Å². The van der Waals surface area contributed by atoms with Crippen molar-refractivity contribution in [2.45, 2.75) is 59.9 Å². The molecule has 3 aromatic rings. The van der Waals surface area contributed by atoms with E-state index in [9.17, 15) is 14.7 Å². The minimum absolute atomic E-state index is 0.0446. The number of nitrogens with zero attached hydrogens (tertiary/aromatic N) is 2. The molecule has 1 N–H and O–H groups in total. The molecule has 0 spiro atoms. The molecule has 1 atom stereocenters. The topological polar surface area (TPSA) is 70.1 Å². The molecular formula is C34H40N2O4. The summed E-state index contributed by atoms with van der Waals surface area (Å²) in [5.74, 6) is -1.21. The molecule has 1 fully saturated rings. The molecule has 3 aromatic carbocycles. The number of aryl methyl sites for hydroxylation is 2. The Bertz CT molecular complexity index is 1460. The summed E-state index contributed by atoms with van der Waals surface area (Å²) in [7, 11) is 1.53. The number of aliphatic hydroxyl groups is 1. The highest BCUT2D eigenvalue weighted by molar-refractivity contribution is 6.51. The first kappa shape index (κ1) is 28.9. The Morgan fingerprint density at radius 2 is 1.57 bits per heavy atom. The molecule has 1 aliphatic heterocycles. The average molecular weight is 541 g/mol. The summed E-state index contributed by atoms with van der Waals surface area (Å²) in [6.45, 7) is 16.1. The number of ketones is 1. The smallest absolute Gasteiger partial charge is 0.300 e. The van der Waals surface area contributed by atoms with Crippen molar-refractivity contribution < 1.29 is 19.4 Å². The Hall–Kier alpha value is -4.06. The Morgan fingerprint density at radius 1 is 0.925 bits per heavy atom. The molecule has 1 saturated heterocycles. The normalized spacial score (nSPS) is 16.9. The standard InChI is InChI=1S/C34H40N2O4/c1-9-35(10-2)25-16-12-23(13-17-25)30-29(31(37)27-20-24(34(5,6)7)14-18-28(27)40-8)32(38)33(39)36(30)26-15-11-21(3)22(4)19-26/h11-20,30,37H,9-10H2,1-8H3/b31-29+. The number of ether oxygens (including phenoxy) is 1. The van der Waals surface area contributed by atoms with Gasteiger partial charge in [-0.15, -0.1) is 0 Å². The molecule has 0 aromatic heterocycles. The Balaban J connectivity index is 1.98. The fourth-order valence-corrected chi connectivity index (χ4v) is 5.25. The van der Waals surface area contributed by atoms with Crippen molar-refractivity contribution in [2.24, 2.45) is 0 Å². The average Bonchev–Trinajstić information content (AvgIpc) is 3.20. The number of hydrogen-bond acceptors (Lipinski definition) is 5. The van der Waals surface area contributed by atoms with Crippen LogP contribution in [-0.2, 0) is 15.0 Å². The van der Waals surface area contributed by atoms with E-state index < -0.39 is 17.7 Å². The number of anilines is 2. The van der Waals surface area contributed by atoms with E-state index in [0.29, 0.717) is 17.0 Å². The molecule has 4 rings (SSSR count). The first-order chi connectivity index (χ1) is 18.9. The Kier molecular flexibility index (Phi) is 8.10. The SMILES string of the molecule is CCN(CC)c1ccc(C2/C(=C(\O)c3cc(C(C)(C)C)ccc3OC)C(=O)C(=O)N2c2ccc(C)c(C)c2)cc1. The van der Waals surface area contributed by atoms with Crippen molar-refractivity contribution in [3.63, 3.8) is 0 Å². The minimum atomic E-state index is -0.809. The number of carbonyl (C=O) groups is 2. The van der Waals surface area contributed by atoms with Crippen LogP contribution in [0.15, 0.2) is 66.2 Å². The number of methoxy groups -OCH3 is 1. The van der Waals surface area contributed by atoms with Gasteiger partial charge >= 0.3 is 0 Å². The number of amides is 1. The second kappa shape index (κ2) is 11.2. The van der Waals surface area contributed by atoms with E-state index in [1.165, 1.54) is 12.0 Å². The van der Waals surface area contributed by atoms with Crippen LogP contribution in [0.25, 0.3) is 5.76 Å². The van der Waals surface area contributed by atoms with Crippen molar-refractivity contribution in [2.75, 3.05) is 30.0 Å². The van der Waals surface area contributed by atoms with Crippen LogP contribution in [0.4, 0.5) is 11.4 Å². The lowest BCUT2D eigenvalue weighted by molar-refractivity contribution is -0.132. The molecule has 210 valence electrons. The highest BCUT2D eigenvalue weighted by atomic mass is 16.5. The van der Waals surface area contributed by atoms with Crippen LogP contribution < -0.4 is 14.5 Å². The third kappa shape index (κ3) is 5.23. The van der Waals surface area contributed by atoms with Crippen molar-refractivity contribution in [3.8, 4) is 5.75 Å². The lowest BCUT2D eigenvalue weighted by atomic mass is 9.85. The summed E-state index contributed by atoms with van der Waals surface area (Å²) in [4.78, 5) is 31.1. The number of benzene rings is 3. The summed E-state index contributed by atoms with van der Waals surface area (Å²) in [5.41, 5.74) is 5.69. The van der Waals surface area contributed by atoms with Crippen molar-refractivity contribution in [1.82, 2.24) is 0 Å². The summed E-state index contributed by atoms with van der Waals surface area (Å²) in [5, 5.41) is 11.8. The van der Waals surface area contributed by atoms with Gasteiger partial charge in [-0.2, -0.15) is 0 Å². The number of Topliss-reactive ketones (excluding diaryl/α,β-unsaturated/α-hetero) is 1. The van der Waals surface area contributed by atoms with Crippen LogP contribution in [0.3, 0.4) is 0 Å². The molecule has 0 bridgehead atoms. The Morgan fingerprint density at radius 3 is 2.12 bits per heavy atom. The molecule has 0 aliphatic carbocycles. The van der Waals surface area contributed by atoms with Gasteiger partial charge in [0.15, 0.2) is 0 Å². The molecule has 1 aliphatic rings. The molecular weight excluding hydrogens is 500 g/mol. The van der Waals surface area contributed by atoms with E-state index in [0.717, 1.165) is 41.0 Å². The number of hydrogen-bond donors (Lipinski definition) is 1. The quantitative estimate of drug-likeness (QED) is 0.197. The van der Waals surface area contributed by atoms with Crippen LogP contribution in [0.5, 0.6) is 5.75 Å². The number of rotatable bonds is 7. The molecule has 1 amide bonds. The van der Waals surface area contributed by atoms with Gasteiger partial charge in [-0.1, -0.05) is 45.0 Å². The van der Waals surface area contributed by atoms with E-state index in [-0.39, 0.29) is 16.7 Å². The van der Waals surface area contributed by atoms with Crippen LogP contribution in [-0.4, -0.2) is 37.0 Å². The van der Waals surface area contributed by atoms with E-state index in [2.05, 4.69) is 39.5 Å². The zero-order valence-electron chi connectivity index (χ0n) is 24.8. The van der Waals surface area contributed by atoms with Crippen molar-refractivity contribution in [3.05, 3.63) is 94.1 Å². The van der Waals surface area contributed by atoms with Crippen molar-refractivity contribution in [1.29, 1.82) is 0 Å². The van der Waals surface area contributed by atoms with Gasteiger partial charge in [-0.05, 0) is 91.8 Å². The molecule has 6 nitrogen and oxygen atoms in total. The maximum atomic E-state index is 13.7. The zero-order valence-corrected chi connectivity index (χ0v) is 24.8. The molecule has 1 heterocycles. The zero-order chi connectivity index (χ0) is 29.4. The van der Waals surface area contributed by atoms with Gasteiger partial charge in [0, 0.05) is 24.5 Å². The predicted molar refractivity (Wildman–Crippen MR) is 162 cm³/mol. The monoisotopic (exact) mass is 540 g/mol. The van der Waals surface area contributed by atoms with Crippen LogP contribution >= 0.6 is 0 Å². The van der Waals surface area contributed by atoms with E-state index in [4.69, 9.17) is 4.74 Å². The summed E-state index contributed by atoms with van der Waals surface area (Å²) < 4.78 is 5.59. The van der Waals surface area contributed by atoms with Gasteiger partial charge in [0.2, 0.25) is 0 Å². The first-order valence-corrected chi connectivity index (χ1v) is 13.8. The minimum Gasteiger partial charge on any atom is -0.507 e. The van der Waals surface area contributed by atoms with Gasteiger partial charge in [0.1, 0.15) is 11.5 Å². The number of aliphatic hydroxyl groups excluding tert-OH is 1. The van der Waals surface area contributed by atoms with E-state index in [1.54, 1.807) is 6.07 Å². The lowest BCUT2D eigenvalue weighted by Gasteiger charge is -2.27. The molecule has 0 saturated carbocycles.